The van der Waals surface area contributed by atoms with Crippen LogP contribution in [0.15, 0.2) is 36.4 Å². The smallest absolute Gasteiger partial charge is 0.151 e. The molecule has 0 unspecified atom stereocenters. The molecule has 4 atom stereocenters. The van der Waals surface area contributed by atoms with Crippen LogP contribution in [0, 0.1) is 0 Å². The van der Waals surface area contributed by atoms with Crippen molar-refractivity contribution in [3.63, 3.8) is 0 Å². The van der Waals surface area contributed by atoms with E-state index in [4.69, 9.17) is 55.9 Å². The maximum atomic E-state index is 11.5. The first-order chi connectivity index (χ1) is 14.3. The third-order valence-electron chi connectivity index (χ3n) is 4.23. The zero-order valence-corrected chi connectivity index (χ0v) is 18.6. The molecule has 0 heterocycles. The largest absolute Gasteiger partial charge is 0.394 e. The van der Waals surface area contributed by atoms with Gasteiger partial charge in [-0.1, -0.05) is 58.5 Å². The molecule has 3 N–H and O–H groups in total. The van der Waals surface area contributed by atoms with Crippen LogP contribution in [0.5, 0.6) is 0 Å². The van der Waals surface area contributed by atoms with Crippen LogP contribution in [0.2, 0.25) is 20.1 Å². The first-order valence-corrected chi connectivity index (χ1v) is 10.3. The van der Waals surface area contributed by atoms with Gasteiger partial charge in [0.2, 0.25) is 0 Å². The highest BCUT2D eigenvalue weighted by Crippen LogP contribution is 2.25. The molecule has 0 aliphatic carbocycles. The summed E-state index contributed by atoms with van der Waals surface area (Å²) in [5.41, 5.74) is 1.24. The van der Waals surface area contributed by atoms with Crippen LogP contribution in [0.25, 0.3) is 0 Å². The van der Waals surface area contributed by atoms with E-state index in [0.717, 1.165) is 0 Å². The van der Waals surface area contributed by atoms with Crippen molar-refractivity contribution >= 4 is 52.7 Å². The van der Waals surface area contributed by atoms with E-state index in [0.29, 0.717) is 37.5 Å². The number of hydrogen-bond donors (Lipinski definition) is 3. The second-order valence-electron chi connectivity index (χ2n) is 6.42. The van der Waals surface area contributed by atoms with Crippen LogP contribution in [-0.4, -0.2) is 52.6 Å². The minimum atomic E-state index is -1.56. The van der Waals surface area contributed by atoms with Gasteiger partial charge in [0.1, 0.15) is 24.4 Å². The van der Waals surface area contributed by atoms with E-state index in [1.165, 1.54) is 0 Å². The first-order valence-electron chi connectivity index (χ1n) is 8.80. The zero-order valence-electron chi connectivity index (χ0n) is 15.6. The van der Waals surface area contributed by atoms with Gasteiger partial charge in [0.15, 0.2) is 6.29 Å². The van der Waals surface area contributed by atoms with E-state index >= 15 is 0 Å². The van der Waals surface area contributed by atoms with Crippen molar-refractivity contribution in [3.8, 4) is 0 Å². The average Bonchev–Trinajstić information content (AvgIpc) is 2.73. The summed E-state index contributed by atoms with van der Waals surface area (Å²) in [6.07, 6.45) is -5.27. The summed E-state index contributed by atoms with van der Waals surface area (Å²) >= 11 is 23.7. The Morgan fingerprint density at radius 3 is 1.77 bits per heavy atom. The Bertz CT molecular complexity index is 850. The molecular weight excluding hydrogens is 478 g/mol. The number of benzene rings is 2. The predicted molar refractivity (Wildman–Crippen MR) is 115 cm³/mol. The monoisotopic (exact) mass is 496 g/mol. The quantitative estimate of drug-likeness (QED) is 0.410. The zero-order chi connectivity index (χ0) is 22.3. The second-order valence-corrected chi connectivity index (χ2v) is 8.05. The Balaban J connectivity index is 2.06. The van der Waals surface area contributed by atoms with Crippen molar-refractivity contribution in [2.75, 3.05) is 6.61 Å². The van der Waals surface area contributed by atoms with Crippen LogP contribution in [0.1, 0.15) is 11.1 Å². The fourth-order valence-corrected chi connectivity index (χ4v) is 3.23. The van der Waals surface area contributed by atoms with Gasteiger partial charge in [-0.05, 0) is 35.4 Å². The molecule has 2 aromatic carbocycles. The minimum Gasteiger partial charge on any atom is -0.394 e. The fraction of sp³-hybridized carbons (Fsp3) is 0.350. The summed E-state index contributed by atoms with van der Waals surface area (Å²) in [4.78, 5) is 11.5. The van der Waals surface area contributed by atoms with Gasteiger partial charge in [-0.2, -0.15) is 0 Å². The van der Waals surface area contributed by atoms with Gasteiger partial charge in [-0.15, -0.1) is 0 Å². The van der Waals surface area contributed by atoms with Gasteiger partial charge in [-0.25, -0.2) is 0 Å². The minimum absolute atomic E-state index is 0.0495. The number of aliphatic hydroxyl groups is 3. The highest BCUT2D eigenvalue weighted by atomic mass is 35.5. The second kappa shape index (κ2) is 12.2. The standard InChI is InChI=1S/C20H20Cl4O6/c21-13-3-1-11(5-15(13)23)9-29-18(8-26)19(28)20(17(27)7-25)30-10-12-2-4-14(22)16(24)6-12/h1-6,8,17-20,25,27-28H,7,9-10H2/t17-,18+,19-,20-/m1/s1. The molecule has 6 nitrogen and oxygen atoms in total. The molecule has 0 amide bonds. The SMILES string of the molecule is O=C[C@H](OCc1ccc(Cl)c(Cl)c1)[C@@H](O)[C@H](OCc1ccc(Cl)c(Cl)c1)[C@H](O)CO. The van der Waals surface area contributed by atoms with Crippen molar-refractivity contribution in [2.45, 2.75) is 37.6 Å². The summed E-state index contributed by atoms with van der Waals surface area (Å²) in [7, 11) is 0. The molecule has 2 aromatic rings. The molecule has 2 rings (SSSR count). The number of rotatable bonds is 11. The maximum absolute atomic E-state index is 11.5. The van der Waals surface area contributed by atoms with Gasteiger partial charge in [0.05, 0.1) is 39.9 Å². The lowest BCUT2D eigenvalue weighted by Crippen LogP contribution is -2.48. The normalized spacial score (nSPS) is 15.4. The van der Waals surface area contributed by atoms with Gasteiger partial charge >= 0.3 is 0 Å². The Morgan fingerprint density at radius 1 is 0.833 bits per heavy atom. The molecule has 0 saturated heterocycles. The Morgan fingerprint density at radius 2 is 1.33 bits per heavy atom. The number of hydrogen-bond acceptors (Lipinski definition) is 6. The topological polar surface area (TPSA) is 96.2 Å². The summed E-state index contributed by atoms with van der Waals surface area (Å²) < 4.78 is 11.0. The molecule has 0 fully saturated rings. The van der Waals surface area contributed by atoms with E-state index in [9.17, 15) is 20.1 Å². The lowest BCUT2D eigenvalue weighted by molar-refractivity contribution is -0.164. The molecular formula is C20H20Cl4O6. The number of carbonyl (C=O) groups excluding carboxylic acids is 1. The summed E-state index contributed by atoms with van der Waals surface area (Å²) in [6.45, 7) is -0.804. The van der Waals surface area contributed by atoms with Crippen molar-refractivity contribution in [1.82, 2.24) is 0 Å². The molecule has 164 valence electrons. The Hall–Kier alpha value is -0.930. The molecule has 0 radical (unpaired) electrons. The summed E-state index contributed by atoms with van der Waals surface area (Å²) in [6, 6.07) is 9.60. The van der Waals surface area contributed by atoms with Gasteiger partial charge in [0.25, 0.3) is 0 Å². The van der Waals surface area contributed by atoms with Crippen LogP contribution < -0.4 is 0 Å². The third-order valence-corrected chi connectivity index (χ3v) is 5.70. The van der Waals surface area contributed by atoms with E-state index in [1.54, 1.807) is 36.4 Å². The molecule has 0 saturated carbocycles. The lowest BCUT2D eigenvalue weighted by atomic mass is 10.0. The lowest BCUT2D eigenvalue weighted by Gasteiger charge is -2.30. The van der Waals surface area contributed by atoms with E-state index < -0.39 is 31.0 Å². The van der Waals surface area contributed by atoms with Crippen LogP contribution in [0.3, 0.4) is 0 Å². The van der Waals surface area contributed by atoms with Gasteiger partial charge in [-0.3, -0.25) is 0 Å². The van der Waals surface area contributed by atoms with Gasteiger partial charge in [0, 0.05) is 0 Å². The molecule has 0 aromatic heterocycles. The van der Waals surface area contributed by atoms with Crippen LogP contribution in [-0.2, 0) is 27.5 Å². The van der Waals surface area contributed by atoms with Crippen molar-refractivity contribution in [3.05, 3.63) is 67.6 Å². The number of carbonyl (C=O) groups is 1. The highest BCUT2D eigenvalue weighted by molar-refractivity contribution is 6.42. The van der Waals surface area contributed by atoms with E-state index in [1.807, 2.05) is 0 Å². The Labute approximate surface area is 193 Å². The summed E-state index contributed by atoms with van der Waals surface area (Å²) in [5, 5.41) is 31.3. The van der Waals surface area contributed by atoms with Crippen LogP contribution >= 0.6 is 46.4 Å². The predicted octanol–water partition coefficient (Wildman–Crippen LogP) is 3.68. The Kier molecular flexibility index (Phi) is 10.3. The maximum Gasteiger partial charge on any atom is 0.151 e. The highest BCUT2D eigenvalue weighted by Gasteiger charge is 2.34. The van der Waals surface area contributed by atoms with E-state index in [2.05, 4.69) is 0 Å². The molecule has 0 aliphatic rings. The number of aldehydes is 1. The number of ether oxygens (including phenoxy) is 2. The van der Waals surface area contributed by atoms with Crippen molar-refractivity contribution in [2.24, 2.45) is 0 Å². The summed E-state index contributed by atoms with van der Waals surface area (Å²) in [5.74, 6) is 0. The fourth-order valence-electron chi connectivity index (χ4n) is 2.59. The molecule has 0 bridgehead atoms. The van der Waals surface area contributed by atoms with Gasteiger partial charge < -0.3 is 29.6 Å². The van der Waals surface area contributed by atoms with Crippen molar-refractivity contribution in [1.29, 1.82) is 0 Å². The average molecular weight is 498 g/mol. The van der Waals surface area contributed by atoms with Crippen LogP contribution in [0.4, 0.5) is 0 Å². The molecule has 0 aliphatic heterocycles. The molecule has 30 heavy (non-hydrogen) atoms. The number of aliphatic hydroxyl groups excluding tert-OH is 3. The first kappa shape index (κ1) is 25.3. The van der Waals surface area contributed by atoms with E-state index in [-0.39, 0.29) is 13.2 Å². The number of halogens is 4. The molecule has 10 heteroatoms. The third kappa shape index (κ3) is 7.05. The van der Waals surface area contributed by atoms with Crippen molar-refractivity contribution < 1.29 is 29.6 Å². The molecule has 0 spiro atoms.